The van der Waals surface area contributed by atoms with E-state index in [1.54, 1.807) is 7.11 Å². The SMILES string of the molecule is COc1c(C)c(C)cc(C)c1NC(CO)CCO. The summed E-state index contributed by atoms with van der Waals surface area (Å²) in [4.78, 5) is 0. The molecule has 4 heteroatoms. The number of benzene rings is 1. The van der Waals surface area contributed by atoms with Crippen LogP contribution in [0.25, 0.3) is 0 Å². The molecule has 0 aromatic heterocycles. The van der Waals surface area contributed by atoms with Gasteiger partial charge in [0.25, 0.3) is 0 Å². The molecule has 18 heavy (non-hydrogen) atoms. The highest BCUT2D eigenvalue weighted by molar-refractivity contribution is 5.67. The molecular weight excluding hydrogens is 230 g/mol. The van der Waals surface area contributed by atoms with E-state index in [1.165, 1.54) is 5.56 Å². The highest BCUT2D eigenvalue weighted by Crippen LogP contribution is 2.34. The van der Waals surface area contributed by atoms with Crippen LogP contribution in [0.15, 0.2) is 6.07 Å². The van der Waals surface area contributed by atoms with Crippen molar-refractivity contribution in [2.24, 2.45) is 0 Å². The summed E-state index contributed by atoms with van der Waals surface area (Å²) in [7, 11) is 1.65. The van der Waals surface area contributed by atoms with Gasteiger partial charge in [0.1, 0.15) is 5.75 Å². The van der Waals surface area contributed by atoms with Crippen molar-refractivity contribution in [2.45, 2.75) is 33.2 Å². The molecule has 1 atom stereocenters. The minimum absolute atomic E-state index is 0.0178. The number of anilines is 1. The first kappa shape index (κ1) is 14.8. The Morgan fingerprint density at radius 3 is 2.39 bits per heavy atom. The lowest BCUT2D eigenvalue weighted by Crippen LogP contribution is -2.25. The minimum atomic E-state index is -0.162. The van der Waals surface area contributed by atoms with Gasteiger partial charge in [0.05, 0.1) is 25.4 Å². The van der Waals surface area contributed by atoms with E-state index in [-0.39, 0.29) is 19.3 Å². The molecule has 0 bridgehead atoms. The molecule has 1 unspecified atom stereocenters. The Morgan fingerprint density at radius 2 is 1.89 bits per heavy atom. The predicted molar refractivity (Wildman–Crippen MR) is 73.4 cm³/mol. The molecule has 1 aromatic carbocycles. The van der Waals surface area contributed by atoms with Crippen LogP contribution in [0.3, 0.4) is 0 Å². The molecule has 3 N–H and O–H groups in total. The number of nitrogens with one attached hydrogen (secondary N) is 1. The molecule has 0 aliphatic rings. The first-order valence-electron chi connectivity index (χ1n) is 6.18. The van der Waals surface area contributed by atoms with Gasteiger partial charge in [-0.3, -0.25) is 0 Å². The van der Waals surface area contributed by atoms with Crippen LogP contribution in [0.2, 0.25) is 0 Å². The van der Waals surface area contributed by atoms with Crippen LogP contribution in [0.1, 0.15) is 23.1 Å². The summed E-state index contributed by atoms with van der Waals surface area (Å²) in [5.74, 6) is 0.809. The number of aliphatic hydroxyl groups excluding tert-OH is 2. The number of methoxy groups -OCH3 is 1. The molecule has 0 heterocycles. The largest absolute Gasteiger partial charge is 0.494 e. The lowest BCUT2D eigenvalue weighted by atomic mass is 10.0. The minimum Gasteiger partial charge on any atom is -0.494 e. The van der Waals surface area contributed by atoms with Crippen LogP contribution in [0.4, 0.5) is 5.69 Å². The molecule has 102 valence electrons. The molecule has 1 aromatic rings. The second-order valence-corrected chi connectivity index (χ2v) is 4.58. The zero-order valence-electron chi connectivity index (χ0n) is 11.6. The quantitative estimate of drug-likeness (QED) is 0.723. The number of hydrogen-bond donors (Lipinski definition) is 3. The number of aliphatic hydroxyl groups is 2. The Morgan fingerprint density at radius 1 is 1.22 bits per heavy atom. The van der Waals surface area contributed by atoms with Gasteiger partial charge in [0.15, 0.2) is 0 Å². The average molecular weight is 253 g/mol. The van der Waals surface area contributed by atoms with E-state index in [1.807, 2.05) is 20.8 Å². The molecule has 0 saturated carbocycles. The van der Waals surface area contributed by atoms with Crippen molar-refractivity contribution in [3.63, 3.8) is 0 Å². The highest BCUT2D eigenvalue weighted by Gasteiger charge is 2.15. The van der Waals surface area contributed by atoms with E-state index < -0.39 is 0 Å². The molecule has 0 spiro atoms. The van der Waals surface area contributed by atoms with Gasteiger partial charge in [0, 0.05) is 6.61 Å². The zero-order chi connectivity index (χ0) is 13.7. The molecular formula is C14H23NO3. The summed E-state index contributed by atoms with van der Waals surface area (Å²) in [5, 5.41) is 21.5. The second kappa shape index (κ2) is 6.61. The summed E-state index contributed by atoms with van der Waals surface area (Å²) >= 11 is 0. The fourth-order valence-corrected chi connectivity index (χ4v) is 2.05. The molecule has 0 amide bonds. The predicted octanol–water partition coefficient (Wildman–Crippen LogP) is 1.78. The van der Waals surface area contributed by atoms with Gasteiger partial charge in [-0.2, -0.15) is 0 Å². The average Bonchev–Trinajstić information content (AvgIpc) is 2.35. The maximum Gasteiger partial charge on any atom is 0.145 e. The molecule has 1 rings (SSSR count). The Labute approximate surface area is 109 Å². The normalized spacial score (nSPS) is 12.3. The molecule has 4 nitrogen and oxygen atoms in total. The summed E-state index contributed by atoms with van der Waals surface area (Å²) < 4.78 is 5.45. The number of aryl methyl sites for hydroxylation is 2. The lowest BCUT2D eigenvalue weighted by molar-refractivity contribution is 0.228. The van der Waals surface area contributed by atoms with E-state index in [2.05, 4.69) is 11.4 Å². The standard InChI is InChI=1S/C14H23NO3/c1-9-7-10(2)13(14(18-4)11(9)3)15-12(8-17)5-6-16/h7,12,15-17H,5-6,8H2,1-4H3. The van der Waals surface area contributed by atoms with Crippen molar-refractivity contribution in [1.82, 2.24) is 0 Å². The fraction of sp³-hybridized carbons (Fsp3) is 0.571. The van der Waals surface area contributed by atoms with Gasteiger partial charge in [-0.25, -0.2) is 0 Å². The van der Waals surface area contributed by atoms with Crippen LogP contribution in [0, 0.1) is 20.8 Å². The van der Waals surface area contributed by atoms with E-state index in [9.17, 15) is 5.11 Å². The first-order valence-corrected chi connectivity index (χ1v) is 6.18. The molecule has 0 radical (unpaired) electrons. The summed E-state index contributed by atoms with van der Waals surface area (Å²) in [5.41, 5.74) is 4.24. The van der Waals surface area contributed by atoms with E-state index in [0.717, 1.165) is 22.6 Å². The molecule has 0 fully saturated rings. The van der Waals surface area contributed by atoms with E-state index in [0.29, 0.717) is 6.42 Å². The number of hydrogen-bond acceptors (Lipinski definition) is 4. The summed E-state index contributed by atoms with van der Waals surface area (Å²) in [6.07, 6.45) is 0.506. The van der Waals surface area contributed by atoms with Gasteiger partial charge in [-0.1, -0.05) is 6.07 Å². The zero-order valence-corrected chi connectivity index (χ0v) is 11.6. The Kier molecular flexibility index (Phi) is 5.44. The van der Waals surface area contributed by atoms with Crippen molar-refractivity contribution >= 4 is 5.69 Å². The van der Waals surface area contributed by atoms with Crippen molar-refractivity contribution in [3.8, 4) is 5.75 Å². The molecule has 0 aliphatic carbocycles. The number of rotatable bonds is 6. The van der Waals surface area contributed by atoms with Gasteiger partial charge < -0.3 is 20.3 Å². The van der Waals surface area contributed by atoms with E-state index in [4.69, 9.17) is 9.84 Å². The Bertz CT molecular complexity index is 405. The van der Waals surface area contributed by atoms with Crippen LogP contribution < -0.4 is 10.1 Å². The van der Waals surface area contributed by atoms with Gasteiger partial charge in [-0.15, -0.1) is 0 Å². The van der Waals surface area contributed by atoms with Crippen molar-refractivity contribution in [1.29, 1.82) is 0 Å². The summed E-state index contributed by atoms with van der Waals surface area (Å²) in [6, 6.07) is 1.93. The topological polar surface area (TPSA) is 61.7 Å². The van der Waals surface area contributed by atoms with Crippen LogP contribution in [-0.2, 0) is 0 Å². The van der Waals surface area contributed by atoms with Gasteiger partial charge >= 0.3 is 0 Å². The molecule has 0 saturated heterocycles. The maximum absolute atomic E-state index is 9.28. The lowest BCUT2D eigenvalue weighted by Gasteiger charge is -2.22. The third-order valence-electron chi connectivity index (χ3n) is 3.24. The third kappa shape index (κ3) is 3.15. The second-order valence-electron chi connectivity index (χ2n) is 4.58. The van der Waals surface area contributed by atoms with Crippen LogP contribution >= 0.6 is 0 Å². The van der Waals surface area contributed by atoms with Gasteiger partial charge in [-0.05, 0) is 43.9 Å². The van der Waals surface area contributed by atoms with Crippen LogP contribution in [0.5, 0.6) is 5.75 Å². The fourth-order valence-electron chi connectivity index (χ4n) is 2.05. The van der Waals surface area contributed by atoms with Crippen molar-refractivity contribution in [2.75, 3.05) is 25.6 Å². The number of ether oxygens (including phenoxy) is 1. The highest BCUT2D eigenvalue weighted by atomic mass is 16.5. The summed E-state index contributed by atoms with van der Waals surface area (Å²) in [6.45, 7) is 6.09. The first-order chi connectivity index (χ1) is 8.54. The third-order valence-corrected chi connectivity index (χ3v) is 3.24. The monoisotopic (exact) mass is 253 g/mol. The van der Waals surface area contributed by atoms with Crippen molar-refractivity contribution < 1.29 is 14.9 Å². The maximum atomic E-state index is 9.28. The van der Waals surface area contributed by atoms with Gasteiger partial charge in [0.2, 0.25) is 0 Å². The molecule has 0 aliphatic heterocycles. The smallest absolute Gasteiger partial charge is 0.145 e. The Balaban J connectivity index is 3.10. The van der Waals surface area contributed by atoms with Crippen molar-refractivity contribution in [3.05, 3.63) is 22.8 Å². The van der Waals surface area contributed by atoms with E-state index >= 15 is 0 Å². The van der Waals surface area contributed by atoms with Crippen LogP contribution in [-0.4, -0.2) is 36.6 Å². The Hall–Kier alpha value is -1.26.